The minimum atomic E-state index is -0.877. The monoisotopic (exact) mass is 219 g/mol. The predicted molar refractivity (Wildman–Crippen MR) is 52.2 cm³/mol. The second-order valence-corrected chi connectivity index (χ2v) is 3.05. The molecule has 0 unspecified atom stereocenters. The summed E-state index contributed by atoms with van der Waals surface area (Å²) in [5.74, 6) is 0. The molecule has 13 heavy (non-hydrogen) atoms. The number of carbonyl (C=O) groups excluding carboxylic acids is 1. The van der Waals surface area contributed by atoms with Gasteiger partial charge in [-0.25, -0.2) is 9.86 Å². The van der Waals surface area contributed by atoms with Crippen LogP contribution in [0, 0.1) is 0 Å². The van der Waals surface area contributed by atoms with Gasteiger partial charge in [-0.2, -0.15) is 0 Å². The first-order valence-corrected chi connectivity index (χ1v) is 4.22. The molecule has 0 N–H and O–H groups in total. The van der Waals surface area contributed by atoms with Crippen molar-refractivity contribution >= 4 is 34.3 Å². The Morgan fingerprint density at radius 2 is 1.92 bits per heavy atom. The third kappa shape index (κ3) is 3.13. The van der Waals surface area contributed by atoms with Crippen LogP contribution < -0.4 is 5.06 Å². The van der Waals surface area contributed by atoms with E-state index in [2.05, 4.69) is 4.84 Å². The van der Waals surface area contributed by atoms with Crippen LogP contribution in [0.25, 0.3) is 0 Å². The fourth-order valence-electron chi connectivity index (χ4n) is 0.811. The van der Waals surface area contributed by atoms with Crippen molar-refractivity contribution in [1.82, 2.24) is 0 Å². The lowest BCUT2D eigenvalue weighted by Crippen LogP contribution is -2.18. The Balaban J connectivity index is 2.71. The van der Waals surface area contributed by atoms with E-state index in [-0.39, 0.29) is 0 Å². The van der Waals surface area contributed by atoms with Gasteiger partial charge in [-0.15, -0.1) is 0 Å². The van der Waals surface area contributed by atoms with Crippen LogP contribution in [0.4, 0.5) is 10.5 Å². The first-order valence-electron chi connectivity index (χ1n) is 3.46. The molecule has 5 heteroatoms. The van der Waals surface area contributed by atoms with Gasteiger partial charge in [-0.3, -0.25) is 0 Å². The zero-order chi connectivity index (χ0) is 9.84. The molecule has 1 aromatic rings. The van der Waals surface area contributed by atoms with Gasteiger partial charge in [-0.1, -0.05) is 11.6 Å². The maximum absolute atomic E-state index is 10.4. The molecule has 0 aliphatic carbocycles. The summed E-state index contributed by atoms with van der Waals surface area (Å²) < 4.78 is 0. The summed E-state index contributed by atoms with van der Waals surface area (Å²) in [5, 5.41) is 1.88. The number of carbonyl (C=O) groups is 1. The number of rotatable bonds is 2. The SMILES string of the molecule is CN(OC(=O)Cl)c1ccc(Cl)cc1. The Hall–Kier alpha value is -0.930. The Morgan fingerprint density at radius 1 is 1.38 bits per heavy atom. The Kier molecular flexibility index (Phi) is 3.39. The van der Waals surface area contributed by atoms with Crippen molar-refractivity contribution in [3.05, 3.63) is 29.3 Å². The van der Waals surface area contributed by atoms with E-state index < -0.39 is 5.43 Å². The number of nitrogens with zero attached hydrogens (tertiary/aromatic N) is 1. The van der Waals surface area contributed by atoms with Gasteiger partial charge < -0.3 is 4.84 Å². The van der Waals surface area contributed by atoms with Crippen LogP contribution in [0.2, 0.25) is 5.02 Å². The molecule has 0 atom stereocenters. The Labute approximate surface area is 85.8 Å². The van der Waals surface area contributed by atoms with Crippen LogP contribution in [0.5, 0.6) is 0 Å². The summed E-state index contributed by atoms with van der Waals surface area (Å²) in [4.78, 5) is 15.0. The van der Waals surface area contributed by atoms with Gasteiger partial charge in [0.25, 0.3) is 0 Å². The van der Waals surface area contributed by atoms with Gasteiger partial charge in [0.2, 0.25) is 0 Å². The van der Waals surface area contributed by atoms with Crippen LogP contribution in [0.15, 0.2) is 24.3 Å². The second-order valence-electron chi connectivity index (χ2n) is 2.30. The van der Waals surface area contributed by atoms with Crippen molar-refractivity contribution in [2.45, 2.75) is 0 Å². The van der Waals surface area contributed by atoms with Crippen molar-refractivity contribution in [1.29, 1.82) is 0 Å². The molecule has 0 amide bonds. The minimum absolute atomic E-state index is 0.620. The number of hydroxylamine groups is 1. The molecule has 0 aromatic heterocycles. The number of hydrogen-bond acceptors (Lipinski definition) is 3. The highest BCUT2D eigenvalue weighted by Gasteiger charge is 2.04. The zero-order valence-electron chi connectivity index (χ0n) is 6.83. The first kappa shape index (κ1) is 10.2. The summed E-state index contributed by atoms with van der Waals surface area (Å²) in [6.45, 7) is 0. The highest BCUT2D eigenvalue weighted by Crippen LogP contribution is 2.17. The number of anilines is 1. The second kappa shape index (κ2) is 4.35. The van der Waals surface area contributed by atoms with E-state index >= 15 is 0 Å². The van der Waals surface area contributed by atoms with Gasteiger partial charge in [-0.05, 0) is 24.3 Å². The molecular formula is C8H7Cl2NO2. The van der Waals surface area contributed by atoms with Crippen LogP contribution in [-0.2, 0) is 4.84 Å². The summed E-state index contributed by atoms with van der Waals surface area (Å²) in [6.07, 6.45) is 0. The van der Waals surface area contributed by atoms with E-state index in [1.807, 2.05) is 0 Å². The van der Waals surface area contributed by atoms with Crippen molar-refractivity contribution in [3.63, 3.8) is 0 Å². The third-order valence-electron chi connectivity index (χ3n) is 1.40. The van der Waals surface area contributed by atoms with Crippen molar-refractivity contribution in [2.75, 3.05) is 12.1 Å². The summed E-state index contributed by atoms with van der Waals surface area (Å²) in [6, 6.07) is 6.80. The fraction of sp³-hybridized carbons (Fsp3) is 0.125. The molecule has 1 rings (SSSR count). The van der Waals surface area contributed by atoms with Gasteiger partial charge in [0.1, 0.15) is 0 Å². The lowest BCUT2D eigenvalue weighted by molar-refractivity contribution is 0.167. The Bertz CT molecular complexity index is 300. The van der Waals surface area contributed by atoms with Crippen LogP contribution in [0.3, 0.4) is 0 Å². The molecule has 0 saturated carbocycles. The van der Waals surface area contributed by atoms with Crippen LogP contribution in [-0.4, -0.2) is 12.5 Å². The minimum Gasteiger partial charge on any atom is -0.326 e. The van der Waals surface area contributed by atoms with Gasteiger partial charge >= 0.3 is 5.43 Å². The molecule has 0 bridgehead atoms. The highest BCUT2D eigenvalue weighted by molar-refractivity contribution is 6.61. The van der Waals surface area contributed by atoms with Gasteiger partial charge in [0.05, 0.1) is 5.69 Å². The maximum atomic E-state index is 10.4. The van der Waals surface area contributed by atoms with Crippen LogP contribution >= 0.6 is 23.2 Å². The molecule has 0 radical (unpaired) electrons. The topological polar surface area (TPSA) is 29.5 Å². The van der Waals surface area contributed by atoms with E-state index in [0.29, 0.717) is 10.7 Å². The summed E-state index contributed by atoms with van der Waals surface area (Å²) in [7, 11) is 1.57. The molecule has 1 aromatic carbocycles. The van der Waals surface area contributed by atoms with E-state index in [1.165, 1.54) is 5.06 Å². The van der Waals surface area contributed by atoms with E-state index in [9.17, 15) is 4.79 Å². The quantitative estimate of drug-likeness (QED) is 0.566. The molecule has 0 aliphatic rings. The molecule has 70 valence electrons. The van der Waals surface area contributed by atoms with Crippen molar-refractivity contribution in [3.8, 4) is 0 Å². The molecule has 0 aliphatic heterocycles. The smallest absolute Gasteiger partial charge is 0.326 e. The molecule has 3 nitrogen and oxygen atoms in total. The van der Waals surface area contributed by atoms with E-state index in [0.717, 1.165) is 0 Å². The van der Waals surface area contributed by atoms with Crippen LogP contribution in [0.1, 0.15) is 0 Å². The van der Waals surface area contributed by atoms with Gasteiger partial charge in [0, 0.05) is 23.7 Å². The standard InChI is InChI=1S/C8H7Cl2NO2/c1-11(13-8(10)12)7-4-2-6(9)3-5-7/h2-5H,1H3. The number of halogens is 2. The van der Waals surface area contributed by atoms with Crippen molar-refractivity contribution in [2.24, 2.45) is 0 Å². The van der Waals surface area contributed by atoms with E-state index in [1.54, 1.807) is 31.3 Å². The molecule has 0 saturated heterocycles. The predicted octanol–water partition coefficient (Wildman–Crippen LogP) is 3.07. The fourth-order valence-corrected chi connectivity index (χ4v) is 1.04. The largest absolute Gasteiger partial charge is 0.428 e. The molecule has 0 fully saturated rings. The van der Waals surface area contributed by atoms with Gasteiger partial charge in [0.15, 0.2) is 0 Å². The molecule has 0 heterocycles. The lowest BCUT2D eigenvalue weighted by atomic mass is 10.3. The number of hydrogen-bond donors (Lipinski definition) is 0. The Morgan fingerprint density at radius 3 is 2.38 bits per heavy atom. The van der Waals surface area contributed by atoms with Crippen molar-refractivity contribution < 1.29 is 9.63 Å². The first-order chi connectivity index (χ1) is 6.09. The zero-order valence-corrected chi connectivity index (χ0v) is 8.34. The average Bonchev–Trinajstić information content (AvgIpc) is 2.04. The summed E-state index contributed by atoms with van der Waals surface area (Å²) in [5.41, 5.74) is -0.184. The third-order valence-corrected chi connectivity index (χ3v) is 1.72. The average molecular weight is 220 g/mol. The normalized spacial score (nSPS) is 9.46. The summed E-state index contributed by atoms with van der Waals surface area (Å²) >= 11 is 10.7. The molecule has 0 spiro atoms. The molecular weight excluding hydrogens is 213 g/mol. The maximum Gasteiger partial charge on any atom is 0.428 e. The highest BCUT2D eigenvalue weighted by atomic mass is 35.5. The lowest BCUT2D eigenvalue weighted by Gasteiger charge is -2.15. The number of benzene rings is 1. The van der Waals surface area contributed by atoms with E-state index in [4.69, 9.17) is 23.2 Å².